The van der Waals surface area contributed by atoms with Crippen molar-refractivity contribution in [3.05, 3.63) is 35.4 Å². The van der Waals surface area contributed by atoms with Gasteiger partial charge >= 0.3 is 0 Å². The Morgan fingerprint density at radius 3 is 2.52 bits per heavy atom. The highest BCUT2D eigenvalue weighted by atomic mass is 16.5. The molecule has 23 heavy (non-hydrogen) atoms. The minimum absolute atomic E-state index is 0.102. The molecule has 5 nitrogen and oxygen atoms in total. The maximum absolute atomic E-state index is 12.1. The zero-order valence-corrected chi connectivity index (χ0v) is 13.7. The second-order valence-corrected chi connectivity index (χ2v) is 6.69. The van der Waals surface area contributed by atoms with Crippen LogP contribution in [0.25, 0.3) is 0 Å². The number of ether oxygens (including phenoxy) is 1. The quantitative estimate of drug-likeness (QED) is 0.858. The fourth-order valence-corrected chi connectivity index (χ4v) is 3.37. The van der Waals surface area contributed by atoms with Gasteiger partial charge in [-0.3, -0.25) is 9.69 Å². The van der Waals surface area contributed by atoms with Gasteiger partial charge < -0.3 is 15.8 Å². The number of amides is 1. The van der Waals surface area contributed by atoms with Gasteiger partial charge in [-0.2, -0.15) is 0 Å². The van der Waals surface area contributed by atoms with Crippen molar-refractivity contribution in [3.8, 4) is 0 Å². The summed E-state index contributed by atoms with van der Waals surface area (Å²) in [6.07, 6.45) is 2.71. The van der Waals surface area contributed by atoms with Gasteiger partial charge in [0.05, 0.1) is 13.2 Å². The molecular weight excluding hydrogens is 290 g/mol. The zero-order valence-electron chi connectivity index (χ0n) is 13.7. The van der Waals surface area contributed by atoms with E-state index < -0.39 is 0 Å². The Morgan fingerprint density at radius 1 is 1.17 bits per heavy atom. The molecule has 1 amide bonds. The van der Waals surface area contributed by atoms with E-state index in [2.05, 4.69) is 34.5 Å². The highest BCUT2D eigenvalue weighted by molar-refractivity contribution is 5.79. The van der Waals surface area contributed by atoms with Crippen LogP contribution in [-0.2, 0) is 22.6 Å². The molecular formula is C18H27N3O2. The van der Waals surface area contributed by atoms with Gasteiger partial charge in [-0.15, -0.1) is 0 Å². The van der Waals surface area contributed by atoms with Crippen LogP contribution in [0.2, 0.25) is 0 Å². The average Bonchev–Trinajstić information content (AvgIpc) is 3.01. The average molecular weight is 317 g/mol. The number of nitrogens with one attached hydrogen (secondary N) is 1. The summed E-state index contributed by atoms with van der Waals surface area (Å²) in [5, 5.41) is 3.04. The lowest BCUT2D eigenvalue weighted by atomic mass is 10.1. The molecule has 0 bridgehead atoms. The predicted octanol–water partition coefficient (Wildman–Crippen LogP) is 1.26. The van der Waals surface area contributed by atoms with E-state index in [4.69, 9.17) is 10.5 Å². The van der Waals surface area contributed by atoms with Crippen LogP contribution in [-0.4, -0.2) is 43.2 Å². The molecule has 2 atom stereocenters. The summed E-state index contributed by atoms with van der Waals surface area (Å²) >= 11 is 0. The standard InChI is InChI=1S/C18H27N3O2/c19-17-6-5-16(11-17)18(22)20-12-14-1-3-15(4-2-14)13-21-7-9-23-10-8-21/h1-4,16-17H,5-13,19H2,(H,20,22). The van der Waals surface area contributed by atoms with E-state index in [0.717, 1.165) is 57.7 Å². The van der Waals surface area contributed by atoms with Gasteiger partial charge in [0.15, 0.2) is 0 Å². The number of benzene rings is 1. The summed E-state index contributed by atoms with van der Waals surface area (Å²) in [5.41, 5.74) is 8.33. The van der Waals surface area contributed by atoms with Crippen molar-refractivity contribution in [1.82, 2.24) is 10.2 Å². The van der Waals surface area contributed by atoms with Gasteiger partial charge in [-0.25, -0.2) is 0 Å². The lowest BCUT2D eigenvalue weighted by Crippen LogP contribution is -2.35. The summed E-state index contributed by atoms with van der Waals surface area (Å²) in [6.45, 7) is 5.23. The normalized spacial score (nSPS) is 25.4. The summed E-state index contributed by atoms with van der Waals surface area (Å²) in [6, 6.07) is 8.72. The third-order valence-electron chi connectivity index (χ3n) is 4.84. The number of nitrogens with two attached hydrogens (primary N) is 1. The number of hydrogen-bond donors (Lipinski definition) is 2. The smallest absolute Gasteiger partial charge is 0.223 e. The van der Waals surface area contributed by atoms with Crippen molar-refractivity contribution < 1.29 is 9.53 Å². The molecule has 0 spiro atoms. The number of nitrogens with zero attached hydrogens (tertiary/aromatic N) is 1. The summed E-state index contributed by atoms with van der Waals surface area (Å²) in [7, 11) is 0. The van der Waals surface area contributed by atoms with Gasteiger partial charge in [-0.1, -0.05) is 24.3 Å². The SMILES string of the molecule is NC1CCC(C(=O)NCc2ccc(CN3CCOCC3)cc2)C1. The minimum Gasteiger partial charge on any atom is -0.379 e. The fraction of sp³-hybridized carbons (Fsp3) is 0.611. The first-order valence-corrected chi connectivity index (χ1v) is 8.62. The van der Waals surface area contributed by atoms with Crippen LogP contribution in [0.4, 0.5) is 0 Å². The topological polar surface area (TPSA) is 67.6 Å². The van der Waals surface area contributed by atoms with Crippen molar-refractivity contribution in [1.29, 1.82) is 0 Å². The van der Waals surface area contributed by atoms with Crippen molar-refractivity contribution in [3.63, 3.8) is 0 Å². The molecule has 1 aromatic rings. The van der Waals surface area contributed by atoms with Gasteiger partial charge in [-0.05, 0) is 30.4 Å². The second-order valence-electron chi connectivity index (χ2n) is 6.69. The highest BCUT2D eigenvalue weighted by Crippen LogP contribution is 2.24. The molecule has 2 fully saturated rings. The first kappa shape index (κ1) is 16.4. The molecule has 2 aliphatic rings. The summed E-state index contributed by atoms with van der Waals surface area (Å²) in [5.74, 6) is 0.251. The molecule has 3 rings (SSSR count). The molecule has 1 aliphatic carbocycles. The van der Waals surface area contributed by atoms with Crippen LogP contribution in [0.15, 0.2) is 24.3 Å². The van der Waals surface area contributed by atoms with Crippen LogP contribution in [0.1, 0.15) is 30.4 Å². The molecule has 0 aromatic heterocycles. The van der Waals surface area contributed by atoms with Crippen LogP contribution >= 0.6 is 0 Å². The first-order valence-electron chi connectivity index (χ1n) is 8.62. The summed E-state index contributed by atoms with van der Waals surface area (Å²) < 4.78 is 5.37. The molecule has 126 valence electrons. The number of morpholine rings is 1. The second kappa shape index (κ2) is 7.90. The maximum atomic E-state index is 12.1. The highest BCUT2D eigenvalue weighted by Gasteiger charge is 2.27. The Kier molecular flexibility index (Phi) is 5.65. The largest absolute Gasteiger partial charge is 0.379 e. The molecule has 2 unspecified atom stereocenters. The summed E-state index contributed by atoms with van der Waals surface area (Å²) in [4.78, 5) is 14.5. The first-order chi connectivity index (χ1) is 11.2. The molecule has 1 saturated heterocycles. The van der Waals surface area contributed by atoms with E-state index in [-0.39, 0.29) is 17.9 Å². The van der Waals surface area contributed by atoms with Crippen molar-refractivity contribution >= 4 is 5.91 Å². The number of carbonyl (C=O) groups excluding carboxylic acids is 1. The van der Waals surface area contributed by atoms with Crippen molar-refractivity contribution in [2.75, 3.05) is 26.3 Å². The molecule has 1 heterocycles. The molecule has 3 N–H and O–H groups in total. The lowest BCUT2D eigenvalue weighted by Gasteiger charge is -2.26. The third-order valence-corrected chi connectivity index (χ3v) is 4.84. The van der Waals surface area contributed by atoms with Gasteiger partial charge in [0.1, 0.15) is 0 Å². The Labute approximate surface area is 138 Å². The van der Waals surface area contributed by atoms with Gasteiger partial charge in [0.2, 0.25) is 5.91 Å². The lowest BCUT2D eigenvalue weighted by molar-refractivity contribution is -0.125. The number of carbonyl (C=O) groups is 1. The fourth-order valence-electron chi connectivity index (χ4n) is 3.37. The van der Waals surface area contributed by atoms with E-state index in [0.29, 0.717) is 6.54 Å². The van der Waals surface area contributed by atoms with E-state index in [9.17, 15) is 4.79 Å². The number of rotatable bonds is 5. The number of hydrogen-bond acceptors (Lipinski definition) is 4. The van der Waals surface area contributed by atoms with E-state index in [1.165, 1.54) is 5.56 Å². The molecule has 1 aliphatic heterocycles. The Balaban J connectivity index is 1.44. The molecule has 1 saturated carbocycles. The van der Waals surface area contributed by atoms with Gasteiger partial charge in [0.25, 0.3) is 0 Å². The Hall–Kier alpha value is -1.43. The van der Waals surface area contributed by atoms with E-state index >= 15 is 0 Å². The van der Waals surface area contributed by atoms with Crippen molar-refractivity contribution in [2.24, 2.45) is 11.7 Å². The molecule has 5 heteroatoms. The minimum atomic E-state index is 0.102. The molecule has 1 aromatic carbocycles. The van der Waals surface area contributed by atoms with Crippen LogP contribution in [0.5, 0.6) is 0 Å². The van der Waals surface area contributed by atoms with Crippen molar-refractivity contribution in [2.45, 2.75) is 38.4 Å². The maximum Gasteiger partial charge on any atom is 0.223 e. The zero-order chi connectivity index (χ0) is 16.1. The van der Waals surface area contributed by atoms with Crippen LogP contribution in [0, 0.1) is 5.92 Å². The predicted molar refractivity (Wildman–Crippen MR) is 89.7 cm³/mol. The van der Waals surface area contributed by atoms with Gasteiger partial charge in [0, 0.05) is 38.1 Å². The van der Waals surface area contributed by atoms with Crippen LogP contribution in [0.3, 0.4) is 0 Å². The molecule has 0 radical (unpaired) electrons. The van der Waals surface area contributed by atoms with Crippen LogP contribution < -0.4 is 11.1 Å². The third kappa shape index (κ3) is 4.77. The van der Waals surface area contributed by atoms with E-state index in [1.807, 2.05) is 0 Å². The Morgan fingerprint density at radius 2 is 1.87 bits per heavy atom. The Bertz CT molecular complexity index is 512. The van der Waals surface area contributed by atoms with E-state index in [1.54, 1.807) is 0 Å². The monoisotopic (exact) mass is 317 g/mol.